The van der Waals surface area contributed by atoms with Crippen LogP contribution in [0.3, 0.4) is 0 Å². The van der Waals surface area contributed by atoms with Crippen molar-refractivity contribution in [1.29, 1.82) is 0 Å². The molecule has 1 fully saturated rings. The molecule has 1 aromatic rings. The number of hydrogen-bond donors (Lipinski definition) is 1. The van der Waals surface area contributed by atoms with Gasteiger partial charge in [0.25, 0.3) is 0 Å². The monoisotopic (exact) mass is 262 g/mol. The Morgan fingerprint density at radius 1 is 1.32 bits per heavy atom. The molecule has 2 atom stereocenters. The third-order valence-electron chi connectivity index (χ3n) is 3.65. The molecule has 0 aromatic heterocycles. The highest BCUT2D eigenvalue weighted by Gasteiger charge is 2.28. The molecule has 0 spiro atoms. The molecule has 19 heavy (non-hydrogen) atoms. The molecule has 4 heteroatoms. The Morgan fingerprint density at radius 2 is 1.95 bits per heavy atom. The van der Waals surface area contributed by atoms with E-state index in [1.54, 1.807) is 7.11 Å². The summed E-state index contributed by atoms with van der Waals surface area (Å²) in [5.74, 6) is 0.956. The maximum atomic E-state index is 12.5. The molecule has 0 aliphatic carbocycles. The highest BCUT2D eigenvalue weighted by Crippen LogP contribution is 2.20. The SMILES string of the molecule is COc1ccccc1CC(=O)N1C(C)CNCC1C. The van der Waals surface area contributed by atoms with Crippen molar-refractivity contribution in [3.05, 3.63) is 29.8 Å². The molecular weight excluding hydrogens is 240 g/mol. The van der Waals surface area contributed by atoms with E-state index in [0.29, 0.717) is 6.42 Å². The summed E-state index contributed by atoms with van der Waals surface area (Å²) in [6.07, 6.45) is 0.401. The first-order valence-electron chi connectivity index (χ1n) is 6.77. The molecule has 1 N–H and O–H groups in total. The quantitative estimate of drug-likeness (QED) is 0.896. The van der Waals surface area contributed by atoms with Crippen LogP contribution in [0.1, 0.15) is 19.4 Å². The van der Waals surface area contributed by atoms with Crippen LogP contribution in [0.5, 0.6) is 5.75 Å². The van der Waals surface area contributed by atoms with Crippen molar-refractivity contribution in [2.45, 2.75) is 32.4 Å². The van der Waals surface area contributed by atoms with E-state index in [2.05, 4.69) is 19.2 Å². The van der Waals surface area contributed by atoms with Gasteiger partial charge in [0, 0.05) is 30.7 Å². The van der Waals surface area contributed by atoms with Crippen LogP contribution >= 0.6 is 0 Å². The Labute approximate surface area is 114 Å². The number of benzene rings is 1. The molecule has 1 amide bonds. The maximum absolute atomic E-state index is 12.5. The second-order valence-electron chi connectivity index (χ2n) is 5.15. The fraction of sp³-hybridized carbons (Fsp3) is 0.533. The molecule has 1 aromatic carbocycles. The first-order valence-corrected chi connectivity index (χ1v) is 6.77. The van der Waals surface area contributed by atoms with Crippen molar-refractivity contribution in [1.82, 2.24) is 10.2 Å². The zero-order chi connectivity index (χ0) is 13.8. The predicted octanol–water partition coefficient (Wildman–Crippen LogP) is 1.45. The van der Waals surface area contributed by atoms with Gasteiger partial charge in [-0.25, -0.2) is 0 Å². The molecule has 0 radical (unpaired) electrons. The number of amides is 1. The molecule has 1 aliphatic rings. The van der Waals surface area contributed by atoms with E-state index in [1.165, 1.54) is 0 Å². The van der Waals surface area contributed by atoms with Crippen LogP contribution in [0.2, 0.25) is 0 Å². The van der Waals surface area contributed by atoms with E-state index < -0.39 is 0 Å². The van der Waals surface area contributed by atoms with E-state index >= 15 is 0 Å². The van der Waals surface area contributed by atoms with Gasteiger partial charge in [0.1, 0.15) is 5.75 Å². The van der Waals surface area contributed by atoms with Gasteiger partial charge in [-0.2, -0.15) is 0 Å². The second-order valence-corrected chi connectivity index (χ2v) is 5.15. The molecule has 1 heterocycles. The van der Waals surface area contributed by atoms with Crippen LogP contribution in [0, 0.1) is 0 Å². The molecule has 0 saturated carbocycles. The summed E-state index contributed by atoms with van der Waals surface area (Å²) in [5.41, 5.74) is 0.952. The van der Waals surface area contributed by atoms with Gasteiger partial charge in [0.2, 0.25) is 5.91 Å². The number of rotatable bonds is 3. The lowest BCUT2D eigenvalue weighted by Crippen LogP contribution is -2.57. The number of nitrogens with one attached hydrogen (secondary N) is 1. The van der Waals surface area contributed by atoms with E-state index in [0.717, 1.165) is 24.4 Å². The van der Waals surface area contributed by atoms with Gasteiger partial charge in [-0.05, 0) is 19.9 Å². The molecule has 4 nitrogen and oxygen atoms in total. The predicted molar refractivity (Wildman–Crippen MR) is 75.3 cm³/mol. The maximum Gasteiger partial charge on any atom is 0.227 e. The largest absolute Gasteiger partial charge is 0.496 e. The third-order valence-corrected chi connectivity index (χ3v) is 3.65. The first-order chi connectivity index (χ1) is 9.13. The Balaban J connectivity index is 2.11. The van der Waals surface area contributed by atoms with Gasteiger partial charge in [-0.3, -0.25) is 4.79 Å². The van der Waals surface area contributed by atoms with Gasteiger partial charge in [0.15, 0.2) is 0 Å². The van der Waals surface area contributed by atoms with E-state index in [4.69, 9.17) is 4.74 Å². The van der Waals surface area contributed by atoms with Gasteiger partial charge in [-0.1, -0.05) is 18.2 Å². The number of carbonyl (C=O) groups is 1. The second kappa shape index (κ2) is 6.06. The molecule has 2 unspecified atom stereocenters. The molecule has 1 aliphatic heterocycles. The topological polar surface area (TPSA) is 41.6 Å². The minimum atomic E-state index is 0.172. The molecule has 0 bridgehead atoms. The van der Waals surface area contributed by atoms with Crippen LogP contribution in [0.4, 0.5) is 0 Å². The minimum Gasteiger partial charge on any atom is -0.496 e. The van der Waals surface area contributed by atoms with Gasteiger partial charge < -0.3 is 15.0 Å². The minimum absolute atomic E-state index is 0.172. The summed E-state index contributed by atoms with van der Waals surface area (Å²) in [5, 5.41) is 3.34. The Hall–Kier alpha value is -1.55. The van der Waals surface area contributed by atoms with Crippen LogP contribution in [-0.2, 0) is 11.2 Å². The van der Waals surface area contributed by atoms with Crippen LogP contribution in [-0.4, -0.2) is 43.1 Å². The molecular formula is C15H22N2O2. The zero-order valence-electron chi connectivity index (χ0n) is 11.8. The highest BCUT2D eigenvalue weighted by molar-refractivity contribution is 5.80. The lowest BCUT2D eigenvalue weighted by Gasteiger charge is -2.39. The fourth-order valence-electron chi connectivity index (χ4n) is 2.73. The average Bonchev–Trinajstić information content (AvgIpc) is 2.39. The highest BCUT2D eigenvalue weighted by atomic mass is 16.5. The number of para-hydroxylation sites is 1. The van der Waals surface area contributed by atoms with Gasteiger partial charge >= 0.3 is 0 Å². The smallest absolute Gasteiger partial charge is 0.227 e. The summed E-state index contributed by atoms with van der Waals surface area (Å²) in [7, 11) is 1.64. The first kappa shape index (κ1) is 13.9. The molecule has 104 valence electrons. The summed E-state index contributed by atoms with van der Waals surface area (Å²) < 4.78 is 5.30. The van der Waals surface area contributed by atoms with Crippen molar-refractivity contribution in [3.8, 4) is 5.75 Å². The number of carbonyl (C=O) groups excluding carboxylic acids is 1. The lowest BCUT2D eigenvalue weighted by atomic mass is 10.1. The summed E-state index contributed by atoms with van der Waals surface area (Å²) in [6, 6.07) is 8.19. The van der Waals surface area contributed by atoms with Crippen LogP contribution < -0.4 is 10.1 Å². The zero-order valence-corrected chi connectivity index (χ0v) is 11.8. The summed E-state index contributed by atoms with van der Waals surface area (Å²) >= 11 is 0. The number of nitrogens with zero attached hydrogens (tertiary/aromatic N) is 1. The van der Waals surface area contributed by atoms with Crippen LogP contribution in [0.15, 0.2) is 24.3 Å². The number of piperazine rings is 1. The Kier molecular flexibility index (Phi) is 4.43. The standard InChI is InChI=1S/C15H22N2O2/c1-11-9-16-10-12(2)17(11)15(18)8-13-6-4-5-7-14(13)19-3/h4-7,11-12,16H,8-10H2,1-3H3. The summed E-state index contributed by atoms with van der Waals surface area (Å²) in [6.45, 7) is 5.90. The number of methoxy groups -OCH3 is 1. The van der Waals surface area contributed by atoms with Crippen LogP contribution in [0.25, 0.3) is 0 Å². The number of hydrogen-bond acceptors (Lipinski definition) is 3. The number of ether oxygens (including phenoxy) is 1. The fourth-order valence-corrected chi connectivity index (χ4v) is 2.73. The summed E-state index contributed by atoms with van der Waals surface area (Å²) in [4.78, 5) is 14.5. The van der Waals surface area contributed by atoms with Crippen molar-refractivity contribution >= 4 is 5.91 Å². The Bertz CT molecular complexity index is 438. The van der Waals surface area contributed by atoms with Gasteiger partial charge in [0.05, 0.1) is 13.5 Å². The van der Waals surface area contributed by atoms with Crippen molar-refractivity contribution in [3.63, 3.8) is 0 Å². The Morgan fingerprint density at radius 3 is 2.58 bits per heavy atom. The normalized spacial score (nSPS) is 23.2. The van der Waals surface area contributed by atoms with E-state index in [9.17, 15) is 4.79 Å². The molecule has 2 rings (SSSR count). The van der Waals surface area contributed by atoms with Gasteiger partial charge in [-0.15, -0.1) is 0 Å². The van der Waals surface area contributed by atoms with Crippen molar-refractivity contribution < 1.29 is 9.53 Å². The lowest BCUT2D eigenvalue weighted by molar-refractivity contribution is -0.135. The van der Waals surface area contributed by atoms with Crippen molar-refractivity contribution in [2.24, 2.45) is 0 Å². The average molecular weight is 262 g/mol. The van der Waals surface area contributed by atoms with E-state index in [1.807, 2.05) is 29.2 Å². The van der Waals surface area contributed by atoms with E-state index in [-0.39, 0.29) is 18.0 Å². The third kappa shape index (κ3) is 3.07. The molecule has 1 saturated heterocycles. The van der Waals surface area contributed by atoms with Crippen molar-refractivity contribution in [2.75, 3.05) is 20.2 Å².